The van der Waals surface area contributed by atoms with E-state index in [9.17, 15) is 4.79 Å². The molecule has 1 heterocycles. The molecule has 0 fully saturated rings. The Kier molecular flexibility index (Phi) is 6.45. The zero-order valence-corrected chi connectivity index (χ0v) is 11.7. The molecular formula is C13H17IO2. The molecule has 0 saturated heterocycles. The Balaban J connectivity index is 2.33. The van der Waals surface area contributed by atoms with Gasteiger partial charge in [-0.15, -0.1) is 0 Å². The molecule has 0 aliphatic carbocycles. The highest BCUT2D eigenvalue weighted by Crippen LogP contribution is 2.17. The average Bonchev–Trinajstić information content (AvgIpc) is 2.77. The van der Waals surface area contributed by atoms with Crippen LogP contribution in [0.1, 0.15) is 49.6 Å². The highest BCUT2D eigenvalue weighted by atomic mass is 127. The van der Waals surface area contributed by atoms with Gasteiger partial charge in [-0.3, -0.25) is 4.79 Å². The molecule has 1 rings (SSSR count). The number of halogens is 1. The van der Waals surface area contributed by atoms with E-state index in [0.717, 1.165) is 10.0 Å². The lowest BCUT2D eigenvalue weighted by atomic mass is 10.1. The lowest BCUT2D eigenvalue weighted by Crippen LogP contribution is -1.96. The van der Waals surface area contributed by atoms with Gasteiger partial charge in [0.05, 0.1) is 6.26 Å². The van der Waals surface area contributed by atoms with Gasteiger partial charge in [-0.05, 0) is 51.1 Å². The lowest BCUT2D eigenvalue weighted by molar-refractivity contribution is 0.0969. The summed E-state index contributed by atoms with van der Waals surface area (Å²) in [7, 11) is 0. The molecule has 0 bridgehead atoms. The summed E-state index contributed by atoms with van der Waals surface area (Å²) in [5.41, 5.74) is 0. The molecule has 1 aromatic rings. The number of carbonyl (C=O) groups excluding carboxylic acids is 1. The second-order valence-electron chi connectivity index (χ2n) is 3.72. The molecule has 0 aliphatic heterocycles. The summed E-state index contributed by atoms with van der Waals surface area (Å²) in [5.74, 6) is 0.511. The average molecular weight is 332 g/mol. The van der Waals surface area contributed by atoms with Crippen molar-refractivity contribution in [3.63, 3.8) is 0 Å². The van der Waals surface area contributed by atoms with Crippen LogP contribution in [-0.4, -0.2) is 5.78 Å². The van der Waals surface area contributed by atoms with Crippen LogP contribution < -0.4 is 0 Å². The molecule has 0 aliphatic rings. The number of hydrogen-bond donors (Lipinski definition) is 0. The Morgan fingerprint density at radius 3 is 2.94 bits per heavy atom. The molecule has 1 aromatic heterocycles. The summed E-state index contributed by atoms with van der Waals surface area (Å²) in [6.07, 6.45) is 8.90. The number of carbonyl (C=O) groups is 1. The van der Waals surface area contributed by atoms with Gasteiger partial charge in [0, 0.05) is 6.42 Å². The molecule has 0 aromatic carbocycles. The highest BCUT2D eigenvalue weighted by Gasteiger charge is 2.09. The van der Waals surface area contributed by atoms with Crippen molar-refractivity contribution in [2.45, 2.75) is 39.0 Å². The van der Waals surface area contributed by atoms with Crippen molar-refractivity contribution in [1.82, 2.24) is 0 Å². The summed E-state index contributed by atoms with van der Waals surface area (Å²) >= 11 is 2.23. The first-order valence-electron chi connectivity index (χ1n) is 5.65. The van der Waals surface area contributed by atoms with Gasteiger partial charge in [0.1, 0.15) is 0 Å². The van der Waals surface area contributed by atoms with Gasteiger partial charge in [0.25, 0.3) is 0 Å². The van der Waals surface area contributed by atoms with Crippen molar-refractivity contribution in [3.8, 4) is 0 Å². The maximum atomic E-state index is 11.7. The molecule has 0 atom stereocenters. The molecule has 0 saturated carbocycles. The van der Waals surface area contributed by atoms with Crippen LogP contribution in [0, 0.1) is 0 Å². The van der Waals surface area contributed by atoms with Crippen molar-refractivity contribution in [3.05, 3.63) is 33.8 Å². The maximum Gasteiger partial charge on any atom is 0.202 e. The molecule has 16 heavy (non-hydrogen) atoms. The Labute approximate surface area is 110 Å². The number of rotatable bonds is 7. The first kappa shape index (κ1) is 13.5. The first-order valence-corrected chi connectivity index (χ1v) is 6.73. The van der Waals surface area contributed by atoms with Crippen molar-refractivity contribution in [2.24, 2.45) is 0 Å². The van der Waals surface area contributed by atoms with Crippen LogP contribution in [0.3, 0.4) is 0 Å². The van der Waals surface area contributed by atoms with Gasteiger partial charge < -0.3 is 4.42 Å². The zero-order valence-electron chi connectivity index (χ0n) is 9.54. The predicted octanol–water partition coefficient (Wildman–Crippen LogP) is 4.75. The van der Waals surface area contributed by atoms with Crippen LogP contribution in [0.15, 0.2) is 32.5 Å². The largest absolute Gasteiger partial charge is 0.461 e. The van der Waals surface area contributed by atoms with E-state index in [1.807, 2.05) is 0 Å². The van der Waals surface area contributed by atoms with E-state index in [-0.39, 0.29) is 5.78 Å². The molecule has 0 spiro atoms. The van der Waals surface area contributed by atoms with Crippen LogP contribution >= 0.6 is 22.6 Å². The fourth-order valence-electron chi connectivity index (χ4n) is 1.40. The van der Waals surface area contributed by atoms with Gasteiger partial charge in [-0.2, -0.15) is 0 Å². The van der Waals surface area contributed by atoms with E-state index in [0.29, 0.717) is 12.2 Å². The number of Topliss-reactive ketones (excluding diaryl/α,β-unsaturated/α-hetero) is 1. The van der Waals surface area contributed by atoms with Crippen molar-refractivity contribution < 1.29 is 9.21 Å². The van der Waals surface area contributed by atoms with Crippen LogP contribution in [0.25, 0.3) is 0 Å². The van der Waals surface area contributed by atoms with E-state index >= 15 is 0 Å². The van der Waals surface area contributed by atoms with Gasteiger partial charge in [-0.25, -0.2) is 0 Å². The number of unbranched alkanes of at least 4 members (excludes halogenated alkanes) is 3. The molecule has 88 valence electrons. The zero-order chi connectivity index (χ0) is 11.8. The first-order chi connectivity index (χ1) is 7.74. The monoisotopic (exact) mass is 332 g/mol. The number of ketones is 1. The molecule has 0 amide bonds. The highest BCUT2D eigenvalue weighted by molar-refractivity contribution is 14.1. The topological polar surface area (TPSA) is 30.2 Å². The third-order valence-electron chi connectivity index (χ3n) is 2.30. The maximum absolute atomic E-state index is 11.7. The lowest BCUT2D eigenvalue weighted by Gasteiger charge is -1.98. The summed E-state index contributed by atoms with van der Waals surface area (Å²) in [6, 6.07) is 3.45. The standard InChI is InChI=1S/C13H17IO2/c1-2-3-4-5-7-11(14)10-12(15)13-8-6-9-16-13/h6-9H,2-5,10H2,1H3/b11-7-. The van der Waals surface area contributed by atoms with Crippen LogP contribution in [0.5, 0.6) is 0 Å². The molecule has 0 unspecified atom stereocenters. The normalized spacial score (nSPS) is 11.8. The van der Waals surface area contributed by atoms with E-state index in [1.165, 1.54) is 25.5 Å². The van der Waals surface area contributed by atoms with Gasteiger partial charge >= 0.3 is 0 Å². The Bertz CT molecular complexity index is 339. The number of furan rings is 1. The third-order valence-corrected chi connectivity index (χ3v) is 3.12. The van der Waals surface area contributed by atoms with Crippen molar-refractivity contribution in [2.75, 3.05) is 0 Å². The summed E-state index contributed by atoms with van der Waals surface area (Å²) in [5, 5.41) is 0. The molecule has 0 radical (unpaired) electrons. The summed E-state index contributed by atoms with van der Waals surface area (Å²) in [6.45, 7) is 2.19. The molecule has 3 heteroatoms. The number of allylic oxidation sites excluding steroid dienone is 2. The molecule has 2 nitrogen and oxygen atoms in total. The molecular weight excluding hydrogens is 315 g/mol. The summed E-state index contributed by atoms with van der Waals surface area (Å²) in [4.78, 5) is 11.7. The second kappa shape index (κ2) is 7.65. The smallest absolute Gasteiger partial charge is 0.202 e. The fourth-order valence-corrected chi connectivity index (χ4v) is 2.06. The summed E-state index contributed by atoms with van der Waals surface area (Å²) < 4.78 is 6.17. The quantitative estimate of drug-likeness (QED) is 0.410. The van der Waals surface area contributed by atoms with E-state index in [4.69, 9.17) is 4.42 Å². The van der Waals surface area contributed by atoms with Gasteiger partial charge in [0.15, 0.2) is 5.76 Å². The SMILES string of the molecule is CCCCC/C=C(\I)CC(=O)c1ccco1. The number of hydrogen-bond acceptors (Lipinski definition) is 2. The second-order valence-corrected chi connectivity index (χ2v) is 5.11. The third kappa shape index (κ3) is 4.96. The fraction of sp³-hybridized carbons (Fsp3) is 0.462. The van der Waals surface area contributed by atoms with Crippen molar-refractivity contribution in [1.29, 1.82) is 0 Å². The predicted molar refractivity (Wildman–Crippen MR) is 73.9 cm³/mol. The Morgan fingerprint density at radius 2 is 2.31 bits per heavy atom. The molecule has 0 N–H and O–H groups in total. The van der Waals surface area contributed by atoms with Crippen LogP contribution in [-0.2, 0) is 0 Å². The van der Waals surface area contributed by atoms with Crippen LogP contribution in [0.4, 0.5) is 0 Å². The van der Waals surface area contributed by atoms with Gasteiger partial charge in [-0.1, -0.05) is 25.8 Å². The minimum absolute atomic E-state index is 0.0566. The van der Waals surface area contributed by atoms with E-state index in [1.54, 1.807) is 12.1 Å². The van der Waals surface area contributed by atoms with E-state index < -0.39 is 0 Å². The van der Waals surface area contributed by atoms with Crippen molar-refractivity contribution >= 4 is 28.4 Å². The van der Waals surface area contributed by atoms with Crippen LogP contribution in [0.2, 0.25) is 0 Å². The minimum Gasteiger partial charge on any atom is -0.461 e. The van der Waals surface area contributed by atoms with Gasteiger partial charge in [0.2, 0.25) is 5.78 Å². The Morgan fingerprint density at radius 1 is 1.50 bits per heavy atom. The Hall–Kier alpha value is -0.580. The van der Waals surface area contributed by atoms with E-state index in [2.05, 4.69) is 35.6 Å². The minimum atomic E-state index is 0.0566.